The molecule has 11 heteroatoms. The SMILES string of the molecule is O=C1COc2cc(S(=O)(=O)N3CCN(C(=O)/C=C/c4ccco4)CC3)c(Cl)cc2N1. The van der Waals surface area contributed by atoms with Gasteiger partial charge in [-0.1, -0.05) is 11.6 Å². The summed E-state index contributed by atoms with van der Waals surface area (Å²) in [5, 5.41) is 2.57. The molecule has 1 saturated heterocycles. The molecule has 1 N–H and O–H groups in total. The highest BCUT2D eigenvalue weighted by molar-refractivity contribution is 7.89. The van der Waals surface area contributed by atoms with Gasteiger partial charge in [-0.15, -0.1) is 0 Å². The van der Waals surface area contributed by atoms with E-state index in [1.165, 1.54) is 28.8 Å². The summed E-state index contributed by atoms with van der Waals surface area (Å²) in [6, 6.07) is 6.13. The smallest absolute Gasteiger partial charge is 0.262 e. The minimum Gasteiger partial charge on any atom is -0.482 e. The van der Waals surface area contributed by atoms with Gasteiger partial charge in [-0.25, -0.2) is 8.42 Å². The van der Waals surface area contributed by atoms with Crippen molar-refractivity contribution < 1.29 is 27.2 Å². The lowest BCUT2D eigenvalue weighted by Crippen LogP contribution is -2.50. The van der Waals surface area contributed by atoms with Gasteiger partial charge in [0.25, 0.3) is 5.91 Å². The number of nitrogens with one attached hydrogen (secondary N) is 1. The molecular weight excluding hydrogens is 434 g/mol. The lowest BCUT2D eigenvalue weighted by Gasteiger charge is -2.33. The molecule has 0 aliphatic carbocycles. The molecule has 2 aliphatic heterocycles. The minimum atomic E-state index is -3.90. The standard InChI is InChI=1S/C19H18ClN3O6S/c20-14-10-15-16(29-12-18(24)21-15)11-17(14)30(26,27)23-7-5-22(6-8-23)19(25)4-3-13-2-1-9-28-13/h1-4,9-11H,5-8,12H2,(H,21,24)/b4-3+. The van der Waals surface area contributed by atoms with Gasteiger partial charge >= 0.3 is 0 Å². The average molecular weight is 452 g/mol. The van der Waals surface area contributed by atoms with Crippen molar-refractivity contribution in [1.82, 2.24) is 9.21 Å². The number of benzene rings is 1. The molecule has 2 aliphatic rings. The van der Waals surface area contributed by atoms with Crippen LogP contribution in [-0.4, -0.2) is 62.2 Å². The van der Waals surface area contributed by atoms with E-state index in [9.17, 15) is 18.0 Å². The molecule has 0 atom stereocenters. The Hall–Kier alpha value is -2.82. The van der Waals surface area contributed by atoms with Crippen LogP contribution in [0.3, 0.4) is 0 Å². The van der Waals surface area contributed by atoms with Gasteiger partial charge in [-0.05, 0) is 24.3 Å². The van der Waals surface area contributed by atoms with Crippen molar-refractivity contribution in [3.8, 4) is 5.75 Å². The Morgan fingerprint density at radius 2 is 1.97 bits per heavy atom. The summed E-state index contributed by atoms with van der Waals surface area (Å²) in [7, 11) is -3.90. The fourth-order valence-electron chi connectivity index (χ4n) is 3.21. The summed E-state index contributed by atoms with van der Waals surface area (Å²) in [4.78, 5) is 25.2. The molecule has 3 heterocycles. The fourth-order valence-corrected chi connectivity index (χ4v) is 5.15. The van der Waals surface area contributed by atoms with E-state index in [0.29, 0.717) is 11.4 Å². The highest BCUT2D eigenvalue weighted by Gasteiger charge is 2.32. The second-order valence-corrected chi connectivity index (χ2v) is 9.01. The Kier molecular flexibility index (Phi) is 5.54. The summed E-state index contributed by atoms with van der Waals surface area (Å²) >= 11 is 6.19. The molecule has 158 valence electrons. The molecule has 0 unspecified atom stereocenters. The van der Waals surface area contributed by atoms with E-state index in [2.05, 4.69) is 5.32 Å². The molecule has 1 aromatic carbocycles. The number of furan rings is 1. The van der Waals surface area contributed by atoms with Crippen molar-refractivity contribution >= 4 is 45.2 Å². The van der Waals surface area contributed by atoms with Crippen LogP contribution in [0.15, 0.2) is 45.9 Å². The van der Waals surface area contributed by atoms with Crippen LogP contribution in [0.5, 0.6) is 5.75 Å². The van der Waals surface area contributed by atoms with Crippen molar-refractivity contribution in [2.24, 2.45) is 0 Å². The van der Waals surface area contributed by atoms with Crippen LogP contribution in [0.1, 0.15) is 5.76 Å². The van der Waals surface area contributed by atoms with E-state index in [4.69, 9.17) is 20.8 Å². The Balaban J connectivity index is 1.45. The zero-order valence-corrected chi connectivity index (χ0v) is 17.3. The molecule has 1 aromatic heterocycles. The van der Waals surface area contributed by atoms with Crippen molar-refractivity contribution in [2.75, 3.05) is 38.1 Å². The van der Waals surface area contributed by atoms with Crippen molar-refractivity contribution in [3.63, 3.8) is 0 Å². The van der Waals surface area contributed by atoms with Gasteiger partial charge in [-0.3, -0.25) is 9.59 Å². The van der Waals surface area contributed by atoms with E-state index in [0.717, 1.165) is 0 Å². The summed E-state index contributed by atoms with van der Waals surface area (Å²) in [5.41, 5.74) is 0.328. The number of piperazine rings is 1. The van der Waals surface area contributed by atoms with Gasteiger partial charge in [0.15, 0.2) is 6.61 Å². The van der Waals surface area contributed by atoms with Crippen LogP contribution in [0, 0.1) is 0 Å². The molecule has 4 rings (SSSR count). The number of carbonyl (C=O) groups is 2. The third kappa shape index (κ3) is 4.07. The van der Waals surface area contributed by atoms with Gasteiger partial charge in [0.05, 0.1) is 17.0 Å². The second-order valence-electron chi connectivity index (χ2n) is 6.69. The molecule has 1 fully saturated rings. The van der Waals surface area contributed by atoms with Crippen LogP contribution < -0.4 is 10.1 Å². The highest BCUT2D eigenvalue weighted by atomic mass is 35.5. The number of amides is 2. The van der Waals surface area contributed by atoms with E-state index >= 15 is 0 Å². The number of nitrogens with zero attached hydrogens (tertiary/aromatic N) is 2. The third-order valence-corrected chi connectivity index (χ3v) is 7.13. The van der Waals surface area contributed by atoms with Crippen LogP contribution in [0.4, 0.5) is 5.69 Å². The van der Waals surface area contributed by atoms with Crippen LogP contribution >= 0.6 is 11.6 Å². The summed E-state index contributed by atoms with van der Waals surface area (Å²) in [6.07, 6.45) is 4.48. The molecule has 2 aromatic rings. The first-order valence-corrected chi connectivity index (χ1v) is 10.9. The largest absolute Gasteiger partial charge is 0.482 e. The quantitative estimate of drug-likeness (QED) is 0.710. The number of fused-ring (bicyclic) bond motifs is 1. The van der Waals surface area contributed by atoms with Crippen LogP contribution in [0.2, 0.25) is 5.02 Å². The van der Waals surface area contributed by atoms with E-state index in [-0.39, 0.29) is 60.3 Å². The Morgan fingerprint density at radius 1 is 1.20 bits per heavy atom. The van der Waals surface area contributed by atoms with Gasteiger partial charge in [0, 0.05) is 38.3 Å². The minimum absolute atomic E-state index is 0.0144. The predicted molar refractivity (Wildman–Crippen MR) is 109 cm³/mol. The normalized spacial score (nSPS) is 17.5. The van der Waals surface area contributed by atoms with Gasteiger partial charge in [-0.2, -0.15) is 4.31 Å². The first kappa shape index (κ1) is 20.5. The van der Waals surface area contributed by atoms with Crippen molar-refractivity contribution in [2.45, 2.75) is 4.90 Å². The van der Waals surface area contributed by atoms with Gasteiger partial charge in [0.2, 0.25) is 15.9 Å². The third-order valence-electron chi connectivity index (χ3n) is 4.77. The highest BCUT2D eigenvalue weighted by Crippen LogP contribution is 2.36. The lowest BCUT2D eigenvalue weighted by molar-refractivity contribution is -0.127. The van der Waals surface area contributed by atoms with E-state index < -0.39 is 10.0 Å². The van der Waals surface area contributed by atoms with Crippen LogP contribution in [0.25, 0.3) is 6.08 Å². The topological polar surface area (TPSA) is 109 Å². The molecular formula is C19H18ClN3O6S. The molecule has 2 amide bonds. The monoisotopic (exact) mass is 451 g/mol. The maximum absolute atomic E-state index is 13.1. The molecule has 9 nitrogen and oxygen atoms in total. The number of anilines is 1. The predicted octanol–water partition coefficient (Wildman–Crippen LogP) is 1.81. The number of halogens is 1. The fraction of sp³-hybridized carbons (Fsp3) is 0.263. The zero-order chi connectivity index (χ0) is 21.3. The average Bonchev–Trinajstić information content (AvgIpc) is 3.25. The Morgan fingerprint density at radius 3 is 2.67 bits per heavy atom. The van der Waals surface area contributed by atoms with E-state index in [1.54, 1.807) is 23.1 Å². The second kappa shape index (κ2) is 8.13. The zero-order valence-electron chi connectivity index (χ0n) is 15.7. The maximum atomic E-state index is 13.1. The molecule has 30 heavy (non-hydrogen) atoms. The molecule has 0 saturated carbocycles. The maximum Gasteiger partial charge on any atom is 0.262 e. The number of ether oxygens (including phenoxy) is 1. The first-order valence-electron chi connectivity index (χ1n) is 9.11. The number of sulfonamides is 1. The number of carbonyl (C=O) groups excluding carboxylic acids is 2. The Labute approximate surface area is 177 Å². The summed E-state index contributed by atoms with van der Waals surface area (Å²) < 4.78 is 37.9. The van der Waals surface area contributed by atoms with Gasteiger partial charge in [0.1, 0.15) is 16.4 Å². The molecule has 0 radical (unpaired) electrons. The summed E-state index contributed by atoms with van der Waals surface area (Å²) in [6.45, 7) is 0.563. The molecule has 0 spiro atoms. The van der Waals surface area contributed by atoms with Gasteiger partial charge < -0.3 is 19.4 Å². The van der Waals surface area contributed by atoms with E-state index in [1.807, 2.05) is 0 Å². The summed E-state index contributed by atoms with van der Waals surface area (Å²) in [5.74, 6) is 0.245. The van der Waals surface area contributed by atoms with Crippen molar-refractivity contribution in [3.05, 3.63) is 47.4 Å². The first-order chi connectivity index (χ1) is 14.3. The van der Waals surface area contributed by atoms with Crippen molar-refractivity contribution in [1.29, 1.82) is 0 Å². The lowest BCUT2D eigenvalue weighted by atomic mass is 10.2. The number of hydrogen-bond donors (Lipinski definition) is 1. The molecule has 0 bridgehead atoms. The van der Waals surface area contributed by atoms with Crippen LogP contribution in [-0.2, 0) is 19.6 Å². The number of rotatable bonds is 4. The number of hydrogen-bond acceptors (Lipinski definition) is 6. The Bertz CT molecular complexity index is 1110.